The van der Waals surface area contributed by atoms with E-state index in [4.69, 9.17) is 0 Å². The molecule has 126 valence electrons. The molecule has 0 aliphatic carbocycles. The maximum atomic E-state index is 12.5. The third-order valence-electron chi connectivity index (χ3n) is 4.15. The van der Waals surface area contributed by atoms with Crippen LogP contribution >= 0.6 is 0 Å². The van der Waals surface area contributed by atoms with Crippen molar-refractivity contribution in [1.82, 2.24) is 0 Å². The van der Waals surface area contributed by atoms with Gasteiger partial charge >= 0.3 is 0 Å². The molecule has 0 heterocycles. The van der Waals surface area contributed by atoms with Gasteiger partial charge in [0, 0.05) is 16.9 Å². The number of benzene rings is 2. The van der Waals surface area contributed by atoms with Gasteiger partial charge in [-0.25, -0.2) is 0 Å². The molecule has 1 atom stereocenters. The Labute approximate surface area is 142 Å². The molecule has 0 saturated carbocycles. The summed E-state index contributed by atoms with van der Waals surface area (Å²) < 4.78 is 0. The maximum Gasteiger partial charge on any atom is 0.211 e. The van der Waals surface area contributed by atoms with Crippen molar-refractivity contribution in [1.29, 1.82) is 0 Å². The summed E-state index contributed by atoms with van der Waals surface area (Å²) in [5.74, 6) is -0.470. The minimum atomic E-state index is -0.406. The van der Waals surface area contributed by atoms with E-state index in [9.17, 15) is 14.9 Å². The Hall–Kier alpha value is -2.49. The molecular weight excluding hydrogens is 302 g/mol. The van der Waals surface area contributed by atoms with Crippen LogP contribution < -0.4 is 0 Å². The third kappa shape index (κ3) is 4.75. The number of carbonyl (C=O) groups excluding carboxylic acids is 1. The molecule has 0 amide bonds. The number of carbonyl (C=O) groups is 1. The molecule has 0 saturated heterocycles. The lowest BCUT2D eigenvalue weighted by atomic mass is 9.85. The van der Waals surface area contributed by atoms with E-state index in [1.807, 2.05) is 54.6 Å². The van der Waals surface area contributed by atoms with Gasteiger partial charge in [0.25, 0.3) is 0 Å². The van der Waals surface area contributed by atoms with Gasteiger partial charge in [-0.05, 0) is 16.5 Å². The van der Waals surface area contributed by atoms with Crippen LogP contribution in [-0.4, -0.2) is 17.3 Å². The molecule has 0 aliphatic rings. The Balaban J connectivity index is 2.17. The Morgan fingerprint density at radius 3 is 2.12 bits per heavy atom. The van der Waals surface area contributed by atoms with Gasteiger partial charge in [-0.2, -0.15) is 0 Å². The van der Waals surface area contributed by atoms with E-state index in [-0.39, 0.29) is 29.1 Å². The molecule has 4 nitrogen and oxygen atoms in total. The van der Waals surface area contributed by atoms with Crippen LogP contribution in [0, 0.1) is 10.1 Å². The second-order valence-corrected chi connectivity index (χ2v) is 7.08. The molecule has 4 heteroatoms. The standard InChI is InChI=1S/C20H23NO3/c1-20(2,3)18-11-9-16(10-12-18)19(22)13-17(14-21(23)24)15-7-5-4-6-8-15/h4-12,17H,13-14H2,1-3H3. The van der Waals surface area contributed by atoms with Crippen LogP contribution in [0.1, 0.15) is 54.6 Å². The fourth-order valence-corrected chi connectivity index (χ4v) is 2.69. The quantitative estimate of drug-likeness (QED) is 0.442. The van der Waals surface area contributed by atoms with Gasteiger partial charge in [0.2, 0.25) is 6.54 Å². The molecule has 0 spiro atoms. The zero-order chi connectivity index (χ0) is 17.7. The van der Waals surface area contributed by atoms with Crippen molar-refractivity contribution < 1.29 is 9.72 Å². The minimum Gasteiger partial charge on any atom is -0.294 e. The van der Waals surface area contributed by atoms with Crippen LogP contribution in [0.15, 0.2) is 54.6 Å². The van der Waals surface area contributed by atoms with Crippen LogP contribution in [0.3, 0.4) is 0 Å². The fraction of sp³-hybridized carbons (Fsp3) is 0.350. The van der Waals surface area contributed by atoms with Crippen LogP contribution in [0.25, 0.3) is 0 Å². The highest BCUT2D eigenvalue weighted by molar-refractivity contribution is 5.96. The maximum absolute atomic E-state index is 12.5. The van der Waals surface area contributed by atoms with Crippen molar-refractivity contribution in [3.63, 3.8) is 0 Å². The molecule has 0 aromatic heterocycles. The Kier molecular flexibility index (Phi) is 5.50. The Bertz CT molecular complexity index is 700. The van der Waals surface area contributed by atoms with Gasteiger partial charge in [0.15, 0.2) is 5.78 Å². The van der Waals surface area contributed by atoms with E-state index >= 15 is 0 Å². The van der Waals surface area contributed by atoms with Crippen LogP contribution in [0.5, 0.6) is 0 Å². The van der Waals surface area contributed by atoms with Crippen molar-refractivity contribution in [2.45, 2.75) is 38.5 Å². The molecule has 0 fully saturated rings. The molecule has 24 heavy (non-hydrogen) atoms. The van der Waals surface area contributed by atoms with Crippen molar-refractivity contribution >= 4 is 5.78 Å². The number of Topliss-reactive ketones (excluding diaryl/α,β-unsaturated/α-hetero) is 1. The third-order valence-corrected chi connectivity index (χ3v) is 4.15. The van der Waals surface area contributed by atoms with Crippen LogP contribution in [0.4, 0.5) is 0 Å². The molecule has 1 unspecified atom stereocenters. The molecule has 2 aromatic carbocycles. The van der Waals surface area contributed by atoms with E-state index in [1.54, 1.807) is 0 Å². The number of hydrogen-bond donors (Lipinski definition) is 0. The SMILES string of the molecule is CC(C)(C)c1ccc(C(=O)CC(C[N+](=O)[O-])c2ccccc2)cc1. The number of nitro groups is 1. The normalized spacial score (nSPS) is 12.6. The second kappa shape index (κ2) is 7.39. The lowest BCUT2D eigenvalue weighted by Gasteiger charge is -2.19. The summed E-state index contributed by atoms with van der Waals surface area (Å²) in [7, 11) is 0. The summed E-state index contributed by atoms with van der Waals surface area (Å²) in [5.41, 5.74) is 2.62. The zero-order valence-corrected chi connectivity index (χ0v) is 14.4. The number of hydrogen-bond acceptors (Lipinski definition) is 3. The van der Waals surface area contributed by atoms with Crippen molar-refractivity contribution in [2.75, 3.05) is 6.54 Å². The summed E-state index contributed by atoms with van der Waals surface area (Å²) >= 11 is 0. The predicted octanol–water partition coefficient (Wildman–Crippen LogP) is 4.62. The molecule has 0 N–H and O–H groups in total. The topological polar surface area (TPSA) is 60.2 Å². The average Bonchev–Trinajstić information content (AvgIpc) is 2.54. The van der Waals surface area contributed by atoms with Gasteiger partial charge < -0.3 is 0 Å². The molecule has 0 aliphatic heterocycles. The number of nitrogens with zero attached hydrogens (tertiary/aromatic N) is 1. The van der Waals surface area contributed by atoms with Gasteiger partial charge in [0.1, 0.15) is 0 Å². The van der Waals surface area contributed by atoms with Gasteiger partial charge in [-0.3, -0.25) is 14.9 Å². The van der Waals surface area contributed by atoms with Crippen LogP contribution in [-0.2, 0) is 5.41 Å². The number of rotatable bonds is 6. The van der Waals surface area contributed by atoms with Crippen molar-refractivity contribution in [3.8, 4) is 0 Å². The van der Waals surface area contributed by atoms with Gasteiger partial charge in [0.05, 0.1) is 5.92 Å². The van der Waals surface area contributed by atoms with Gasteiger partial charge in [-0.1, -0.05) is 75.4 Å². The first-order valence-corrected chi connectivity index (χ1v) is 8.08. The lowest BCUT2D eigenvalue weighted by molar-refractivity contribution is -0.483. The summed E-state index contributed by atoms with van der Waals surface area (Å²) in [4.78, 5) is 23.1. The highest BCUT2D eigenvalue weighted by Crippen LogP contribution is 2.25. The van der Waals surface area contributed by atoms with E-state index in [0.29, 0.717) is 5.56 Å². The summed E-state index contributed by atoms with van der Waals surface area (Å²) in [6, 6.07) is 16.8. The first-order valence-electron chi connectivity index (χ1n) is 8.08. The summed E-state index contributed by atoms with van der Waals surface area (Å²) in [6.07, 6.45) is 0.139. The summed E-state index contributed by atoms with van der Waals surface area (Å²) in [6.45, 7) is 6.11. The Morgan fingerprint density at radius 1 is 1.04 bits per heavy atom. The number of ketones is 1. The minimum absolute atomic E-state index is 0.0275. The molecular formula is C20H23NO3. The van der Waals surface area contributed by atoms with Crippen LogP contribution in [0.2, 0.25) is 0 Å². The first kappa shape index (κ1) is 17.9. The molecule has 0 bridgehead atoms. The van der Waals surface area contributed by atoms with Crippen molar-refractivity contribution in [2.24, 2.45) is 0 Å². The highest BCUT2D eigenvalue weighted by atomic mass is 16.6. The van der Waals surface area contributed by atoms with E-state index in [1.165, 1.54) is 0 Å². The summed E-state index contributed by atoms with van der Waals surface area (Å²) in [5, 5.41) is 11.0. The zero-order valence-electron chi connectivity index (χ0n) is 14.4. The monoisotopic (exact) mass is 325 g/mol. The first-order chi connectivity index (χ1) is 11.3. The smallest absolute Gasteiger partial charge is 0.211 e. The van der Waals surface area contributed by atoms with E-state index < -0.39 is 5.92 Å². The molecule has 2 aromatic rings. The predicted molar refractivity (Wildman–Crippen MR) is 95.1 cm³/mol. The second-order valence-electron chi connectivity index (χ2n) is 7.08. The van der Waals surface area contributed by atoms with E-state index in [0.717, 1.165) is 11.1 Å². The highest BCUT2D eigenvalue weighted by Gasteiger charge is 2.22. The average molecular weight is 325 g/mol. The largest absolute Gasteiger partial charge is 0.294 e. The van der Waals surface area contributed by atoms with E-state index in [2.05, 4.69) is 20.8 Å². The fourth-order valence-electron chi connectivity index (χ4n) is 2.69. The molecule has 2 rings (SSSR count). The lowest BCUT2D eigenvalue weighted by Crippen LogP contribution is -2.17. The van der Waals surface area contributed by atoms with Gasteiger partial charge in [-0.15, -0.1) is 0 Å². The van der Waals surface area contributed by atoms with Crippen molar-refractivity contribution in [3.05, 3.63) is 81.4 Å². The Morgan fingerprint density at radius 2 is 1.62 bits per heavy atom. The molecule has 0 radical (unpaired) electrons.